The molecule has 1 N–H and O–H groups in total. The minimum absolute atomic E-state index is 0.00286. The number of aliphatic hydroxyl groups excluding tert-OH is 1. The summed E-state index contributed by atoms with van der Waals surface area (Å²) in [5.41, 5.74) is 3.06. The second-order valence-electron chi connectivity index (χ2n) is 8.16. The molecule has 138 valence electrons. The molecule has 1 aromatic carbocycles. The Labute approximate surface area is 160 Å². The lowest BCUT2D eigenvalue weighted by atomic mass is 9.59. The first kappa shape index (κ1) is 18.0. The van der Waals surface area contributed by atoms with Crippen LogP contribution in [0.25, 0.3) is 0 Å². The highest BCUT2D eigenvalue weighted by Crippen LogP contribution is 2.59. The molecular weight excluding hydrogens is 336 g/mol. The summed E-state index contributed by atoms with van der Waals surface area (Å²) < 4.78 is 0. The average molecular weight is 360 g/mol. The van der Waals surface area contributed by atoms with E-state index in [2.05, 4.69) is 24.3 Å². The predicted molar refractivity (Wildman–Crippen MR) is 100 cm³/mol. The van der Waals surface area contributed by atoms with Crippen LogP contribution in [0.2, 0.25) is 0 Å². The molecule has 0 saturated heterocycles. The Bertz CT molecular complexity index is 840. The summed E-state index contributed by atoms with van der Waals surface area (Å²) in [7, 11) is 0. The Balaban J connectivity index is 1.67. The molecule has 3 saturated carbocycles. The van der Waals surface area contributed by atoms with Gasteiger partial charge in [-0.05, 0) is 66.9 Å². The highest BCUT2D eigenvalue weighted by molar-refractivity contribution is 6.02. The largest absolute Gasteiger partial charge is 0.396 e. The van der Waals surface area contributed by atoms with Crippen LogP contribution in [-0.2, 0) is 11.2 Å². The first-order valence-corrected chi connectivity index (χ1v) is 9.97. The van der Waals surface area contributed by atoms with Gasteiger partial charge in [0.1, 0.15) is 17.7 Å². The van der Waals surface area contributed by atoms with Crippen LogP contribution < -0.4 is 0 Å². The number of benzene rings is 1. The summed E-state index contributed by atoms with van der Waals surface area (Å²) in [6.45, 7) is 0.161. The van der Waals surface area contributed by atoms with E-state index in [4.69, 9.17) is 5.11 Å². The van der Waals surface area contributed by atoms with E-state index >= 15 is 0 Å². The third kappa shape index (κ3) is 2.89. The van der Waals surface area contributed by atoms with E-state index in [9.17, 15) is 15.3 Å². The SMILES string of the molecule is N#CC(C#N)=C1C(=O)C2CCCC3C(c4ccc(CCO)cc4)CCC1C23. The van der Waals surface area contributed by atoms with Crippen LogP contribution in [0.4, 0.5) is 0 Å². The van der Waals surface area contributed by atoms with Crippen molar-refractivity contribution >= 4 is 5.78 Å². The number of hydrogen-bond acceptors (Lipinski definition) is 4. The number of hydrogen-bond donors (Lipinski definition) is 1. The third-order valence-electron chi connectivity index (χ3n) is 7.06. The lowest BCUT2D eigenvalue weighted by Crippen LogP contribution is -2.37. The van der Waals surface area contributed by atoms with Gasteiger partial charge in [-0.1, -0.05) is 30.7 Å². The van der Waals surface area contributed by atoms with Crippen LogP contribution in [-0.4, -0.2) is 17.5 Å². The summed E-state index contributed by atoms with van der Waals surface area (Å²) in [5, 5.41) is 27.8. The zero-order valence-electron chi connectivity index (χ0n) is 15.4. The molecule has 3 aliphatic rings. The van der Waals surface area contributed by atoms with Gasteiger partial charge < -0.3 is 5.11 Å². The maximum atomic E-state index is 13.0. The van der Waals surface area contributed by atoms with Gasteiger partial charge in [0, 0.05) is 18.1 Å². The number of nitriles is 2. The molecule has 0 heterocycles. The summed E-state index contributed by atoms with van der Waals surface area (Å²) in [4.78, 5) is 13.0. The van der Waals surface area contributed by atoms with Gasteiger partial charge in [-0.15, -0.1) is 0 Å². The third-order valence-corrected chi connectivity index (χ3v) is 7.06. The number of ketones is 1. The van der Waals surface area contributed by atoms with Crippen LogP contribution in [0.1, 0.15) is 49.1 Å². The minimum Gasteiger partial charge on any atom is -0.396 e. The summed E-state index contributed by atoms with van der Waals surface area (Å²) in [6.07, 6.45) is 5.62. The first-order chi connectivity index (χ1) is 13.2. The quantitative estimate of drug-likeness (QED) is 0.658. The minimum atomic E-state index is -0.00286. The predicted octanol–water partition coefficient (Wildman–Crippen LogP) is 3.67. The second-order valence-corrected chi connectivity index (χ2v) is 8.16. The van der Waals surface area contributed by atoms with Crippen molar-refractivity contribution in [3.05, 3.63) is 46.5 Å². The summed E-state index contributed by atoms with van der Waals surface area (Å²) >= 11 is 0. The molecule has 4 nitrogen and oxygen atoms in total. The first-order valence-electron chi connectivity index (χ1n) is 9.97. The maximum absolute atomic E-state index is 13.0. The number of rotatable bonds is 3. The smallest absolute Gasteiger partial charge is 0.164 e. The monoisotopic (exact) mass is 360 g/mol. The standard InChI is InChI=1S/C23H24N2O2/c24-12-16(13-25)21-19-9-8-17(15-6-4-14(5-7-15)10-11-26)18-2-1-3-20(22(18)19)23(21)27/h4-7,17-20,22,26H,1-3,8-11H2. The van der Waals surface area contributed by atoms with Gasteiger partial charge in [0.05, 0.1) is 0 Å². The summed E-state index contributed by atoms with van der Waals surface area (Å²) in [6, 6.07) is 12.5. The molecule has 1 aromatic rings. The highest BCUT2D eigenvalue weighted by atomic mass is 16.2. The number of Topliss-reactive ketones (excluding diaryl/α,β-unsaturated/α-hetero) is 1. The van der Waals surface area contributed by atoms with Crippen LogP contribution in [0.15, 0.2) is 35.4 Å². The van der Waals surface area contributed by atoms with E-state index in [-0.39, 0.29) is 35.7 Å². The molecule has 4 heteroatoms. The number of nitrogens with zero attached hydrogens (tertiary/aromatic N) is 2. The molecule has 5 atom stereocenters. The molecule has 0 spiro atoms. The maximum Gasteiger partial charge on any atom is 0.164 e. The molecule has 5 unspecified atom stereocenters. The number of aliphatic hydroxyl groups is 1. The Hall–Kier alpha value is -2.43. The van der Waals surface area contributed by atoms with Crippen molar-refractivity contribution in [3.63, 3.8) is 0 Å². The van der Waals surface area contributed by atoms with Crippen LogP contribution in [0, 0.1) is 46.3 Å². The van der Waals surface area contributed by atoms with Gasteiger partial charge in [0.25, 0.3) is 0 Å². The van der Waals surface area contributed by atoms with Crippen LogP contribution >= 0.6 is 0 Å². The van der Waals surface area contributed by atoms with E-state index in [1.165, 1.54) is 5.56 Å². The fraction of sp³-hybridized carbons (Fsp3) is 0.522. The molecule has 0 radical (unpaired) electrons. The van der Waals surface area contributed by atoms with Gasteiger partial charge in [0.15, 0.2) is 5.78 Å². The fourth-order valence-electron chi connectivity index (χ4n) is 6.02. The Morgan fingerprint density at radius 1 is 1.00 bits per heavy atom. The number of carbonyl (C=O) groups excluding carboxylic acids is 1. The Morgan fingerprint density at radius 2 is 1.70 bits per heavy atom. The van der Waals surface area contributed by atoms with Gasteiger partial charge in [0.2, 0.25) is 0 Å². The van der Waals surface area contributed by atoms with Gasteiger partial charge in [-0.25, -0.2) is 0 Å². The van der Waals surface area contributed by atoms with Gasteiger partial charge in [-0.3, -0.25) is 4.79 Å². The lowest BCUT2D eigenvalue weighted by Gasteiger charge is -2.45. The van der Waals surface area contributed by atoms with Gasteiger partial charge in [-0.2, -0.15) is 10.5 Å². The van der Waals surface area contributed by atoms with Crippen LogP contribution in [0.5, 0.6) is 0 Å². The molecular formula is C23H24N2O2. The van der Waals surface area contributed by atoms with E-state index in [1.54, 1.807) is 0 Å². The van der Waals surface area contributed by atoms with Gasteiger partial charge >= 0.3 is 0 Å². The van der Waals surface area contributed by atoms with Crippen LogP contribution in [0.3, 0.4) is 0 Å². The molecule has 3 fully saturated rings. The van der Waals surface area contributed by atoms with Crippen molar-refractivity contribution in [3.8, 4) is 12.1 Å². The normalized spacial score (nSPS) is 31.7. The average Bonchev–Trinajstić information content (AvgIpc) is 2.99. The summed E-state index contributed by atoms with van der Waals surface area (Å²) in [5.74, 6) is 1.34. The van der Waals surface area contributed by atoms with Crippen molar-refractivity contribution in [2.45, 2.75) is 44.4 Å². The lowest BCUT2D eigenvalue weighted by molar-refractivity contribution is -0.120. The Kier molecular flexibility index (Phi) is 4.85. The van der Waals surface area contributed by atoms with E-state index in [0.717, 1.165) is 37.7 Å². The number of allylic oxidation sites excluding steroid dienone is 2. The molecule has 3 aliphatic carbocycles. The zero-order valence-corrected chi connectivity index (χ0v) is 15.4. The van der Waals surface area contributed by atoms with E-state index in [0.29, 0.717) is 23.8 Å². The molecule has 0 bridgehead atoms. The Morgan fingerprint density at radius 3 is 2.37 bits per heavy atom. The zero-order chi connectivity index (χ0) is 19.0. The number of carbonyl (C=O) groups is 1. The topological polar surface area (TPSA) is 84.9 Å². The van der Waals surface area contributed by atoms with E-state index < -0.39 is 0 Å². The van der Waals surface area contributed by atoms with Crippen molar-refractivity contribution in [1.82, 2.24) is 0 Å². The molecule has 0 aromatic heterocycles. The highest BCUT2D eigenvalue weighted by Gasteiger charge is 2.55. The van der Waals surface area contributed by atoms with E-state index in [1.807, 2.05) is 12.1 Å². The molecule has 27 heavy (non-hydrogen) atoms. The van der Waals surface area contributed by atoms with Crippen molar-refractivity contribution in [2.24, 2.45) is 23.7 Å². The molecule has 0 amide bonds. The fourth-order valence-corrected chi connectivity index (χ4v) is 6.02. The molecule has 0 aliphatic heterocycles. The van der Waals surface area contributed by atoms with Crippen molar-refractivity contribution < 1.29 is 9.90 Å². The second kappa shape index (κ2) is 7.29. The van der Waals surface area contributed by atoms with Crippen molar-refractivity contribution in [2.75, 3.05) is 6.61 Å². The molecule has 4 rings (SSSR count). The van der Waals surface area contributed by atoms with Crippen molar-refractivity contribution in [1.29, 1.82) is 10.5 Å².